The number of aliphatic imine (C=N–C) groups is 1. The highest BCUT2D eigenvalue weighted by atomic mass is 16.1. The van der Waals surface area contributed by atoms with Gasteiger partial charge in [-0.05, 0) is 48.1 Å². The van der Waals surface area contributed by atoms with Crippen molar-refractivity contribution in [2.45, 2.75) is 44.3 Å². The minimum atomic E-state index is -0.639. The molecule has 5 rings (SSSR count). The van der Waals surface area contributed by atoms with Crippen molar-refractivity contribution in [3.05, 3.63) is 83.0 Å². The monoisotopic (exact) mass is 464 g/mol. The van der Waals surface area contributed by atoms with Crippen molar-refractivity contribution >= 4 is 33.4 Å². The minimum absolute atomic E-state index is 0.156. The minimum Gasteiger partial charge on any atom is -0.383 e. The lowest BCUT2D eigenvalue weighted by Gasteiger charge is -2.23. The van der Waals surface area contributed by atoms with Crippen LogP contribution in [0.5, 0.6) is 0 Å². The number of amides is 1. The number of hydrogen-bond acceptors (Lipinski definition) is 4. The van der Waals surface area contributed by atoms with E-state index in [1.54, 1.807) is 0 Å². The first-order chi connectivity index (χ1) is 17.0. The molecule has 7 nitrogen and oxygen atoms in total. The molecular formula is C28H28N6O. The second-order valence-electron chi connectivity index (χ2n) is 9.24. The summed E-state index contributed by atoms with van der Waals surface area (Å²) < 4.78 is 1.83. The number of benzene rings is 3. The number of primary amides is 1. The van der Waals surface area contributed by atoms with E-state index in [4.69, 9.17) is 22.2 Å². The Bertz CT molecular complexity index is 1500. The maximum atomic E-state index is 12.5. The average Bonchev–Trinajstić information content (AvgIpc) is 3.18. The number of carbonyl (C=O) groups is 1. The lowest BCUT2D eigenvalue weighted by Crippen LogP contribution is -2.29. The largest absolute Gasteiger partial charge is 0.383 e. The van der Waals surface area contributed by atoms with Gasteiger partial charge in [-0.3, -0.25) is 9.79 Å². The highest BCUT2D eigenvalue weighted by Gasteiger charge is 2.23. The van der Waals surface area contributed by atoms with E-state index in [-0.39, 0.29) is 23.3 Å². The molecule has 7 heteroatoms. The van der Waals surface area contributed by atoms with E-state index in [0.717, 1.165) is 53.1 Å². The Morgan fingerprint density at radius 1 is 1.00 bits per heavy atom. The first-order valence-electron chi connectivity index (χ1n) is 11.9. The summed E-state index contributed by atoms with van der Waals surface area (Å²) in [6.07, 6.45) is 3.74. The molecule has 1 heterocycles. The van der Waals surface area contributed by atoms with E-state index in [1.807, 2.05) is 47.0 Å². The highest BCUT2D eigenvalue weighted by Crippen LogP contribution is 2.30. The molecule has 1 fully saturated rings. The Hall–Kier alpha value is -4.15. The van der Waals surface area contributed by atoms with Crippen LogP contribution in [0.3, 0.4) is 0 Å². The summed E-state index contributed by atoms with van der Waals surface area (Å²) in [4.78, 5) is 17.3. The Balaban J connectivity index is 1.63. The van der Waals surface area contributed by atoms with Gasteiger partial charge in [0.1, 0.15) is 17.6 Å². The van der Waals surface area contributed by atoms with Gasteiger partial charge in [0.2, 0.25) is 0 Å². The molecular weight excluding hydrogens is 436 g/mol. The van der Waals surface area contributed by atoms with Gasteiger partial charge in [-0.1, -0.05) is 54.6 Å². The predicted molar refractivity (Wildman–Crippen MR) is 139 cm³/mol. The first-order valence-corrected chi connectivity index (χ1v) is 11.9. The molecule has 1 aliphatic carbocycles. The molecule has 176 valence electrons. The predicted octanol–water partition coefficient (Wildman–Crippen LogP) is 3.79. The maximum Gasteiger partial charge on any atom is 0.266 e. The van der Waals surface area contributed by atoms with Gasteiger partial charge in [-0.2, -0.15) is 5.26 Å². The molecule has 0 bridgehead atoms. The summed E-state index contributed by atoms with van der Waals surface area (Å²) in [5, 5.41) is 12.8. The van der Waals surface area contributed by atoms with Crippen LogP contribution < -0.4 is 17.2 Å². The Labute approximate surface area is 203 Å². The van der Waals surface area contributed by atoms with Gasteiger partial charge in [0.25, 0.3) is 5.91 Å². The zero-order valence-electron chi connectivity index (χ0n) is 19.4. The summed E-state index contributed by atoms with van der Waals surface area (Å²) >= 11 is 0. The molecule has 1 amide bonds. The smallest absolute Gasteiger partial charge is 0.266 e. The lowest BCUT2D eigenvalue weighted by molar-refractivity contribution is 0.0992. The van der Waals surface area contributed by atoms with Gasteiger partial charge in [0, 0.05) is 23.5 Å². The van der Waals surface area contributed by atoms with Gasteiger partial charge < -0.3 is 21.8 Å². The lowest BCUT2D eigenvalue weighted by atomic mass is 9.92. The molecule has 3 aromatic carbocycles. The van der Waals surface area contributed by atoms with Crippen molar-refractivity contribution in [1.82, 2.24) is 4.57 Å². The number of fused-ring (bicyclic) bond motifs is 2. The Kier molecular flexibility index (Phi) is 5.98. The Morgan fingerprint density at radius 2 is 1.74 bits per heavy atom. The topological polar surface area (TPSA) is 136 Å². The van der Waals surface area contributed by atoms with E-state index in [1.165, 1.54) is 0 Å². The zero-order chi connectivity index (χ0) is 24.5. The molecule has 1 aliphatic rings. The third-order valence-electron chi connectivity index (χ3n) is 6.98. The van der Waals surface area contributed by atoms with Gasteiger partial charge in [0.15, 0.2) is 0 Å². The van der Waals surface area contributed by atoms with Crippen molar-refractivity contribution in [3.63, 3.8) is 0 Å². The molecule has 1 saturated carbocycles. The van der Waals surface area contributed by atoms with Gasteiger partial charge >= 0.3 is 0 Å². The molecule has 0 spiro atoms. The fourth-order valence-corrected chi connectivity index (χ4v) is 5.14. The van der Waals surface area contributed by atoms with Crippen molar-refractivity contribution in [3.8, 4) is 6.07 Å². The van der Waals surface area contributed by atoms with Crippen LogP contribution in [0.15, 0.2) is 65.7 Å². The summed E-state index contributed by atoms with van der Waals surface area (Å²) in [7, 11) is 0. The molecule has 0 radical (unpaired) electrons. The molecule has 35 heavy (non-hydrogen) atoms. The summed E-state index contributed by atoms with van der Waals surface area (Å²) in [5.74, 6) is -0.191. The standard InChI is InChI=1S/C28H28N6O/c29-15-24-23-13-8-18(27(31)33-21-11-9-20(30)10-12-21)14-25(23)34(26(24)28(32)35)16-19-6-3-5-17-4-1-2-7-22(17)19/h1-8,13-14,20-21H,9-12,16,30H2,(H2,31,33)(H2,32,35). The van der Waals surface area contributed by atoms with E-state index in [2.05, 4.69) is 24.3 Å². The number of nitrogens with zero attached hydrogens (tertiary/aromatic N) is 3. The first kappa shape index (κ1) is 22.6. The van der Waals surface area contributed by atoms with Gasteiger partial charge in [0.05, 0.1) is 17.1 Å². The number of hydrogen-bond donors (Lipinski definition) is 3. The normalized spacial score (nSPS) is 18.6. The average molecular weight is 465 g/mol. The van der Waals surface area contributed by atoms with E-state index in [9.17, 15) is 10.1 Å². The van der Waals surface area contributed by atoms with E-state index in [0.29, 0.717) is 17.8 Å². The van der Waals surface area contributed by atoms with E-state index < -0.39 is 5.91 Å². The van der Waals surface area contributed by atoms with Crippen LogP contribution in [-0.2, 0) is 6.54 Å². The fraction of sp³-hybridized carbons (Fsp3) is 0.250. The van der Waals surface area contributed by atoms with Crippen molar-refractivity contribution in [2.75, 3.05) is 0 Å². The van der Waals surface area contributed by atoms with Crippen LogP contribution in [0.4, 0.5) is 0 Å². The van der Waals surface area contributed by atoms with Crippen LogP contribution in [0.1, 0.15) is 52.9 Å². The summed E-state index contributed by atoms with van der Waals surface area (Å²) in [6, 6.07) is 22.3. The third-order valence-corrected chi connectivity index (χ3v) is 6.98. The summed E-state index contributed by atoms with van der Waals surface area (Å²) in [6.45, 7) is 0.388. The number of rotatable bonds is 5. The van der Waals surface area contributed by atoms with Crippen LogP contribution >= 0.6 is 0 Å². The summed E-state index contributed by atoms with van der Waals surface area (Å²) in [5.41, 5.74) is 21.2. The number of amidine groups is 1. The maximum absolute atomic E-state index is 12.5. The zero-order valence-corrected chi connectivity index (χ0v) is 19.4. The number of aromatic nitrogens is 1. The molecule has 0 atom stereocenters. The van der Waals surface area contributed by atoms with Crippen LogP contribution in [0.25, 0.3) is 21.7 Å². The van der Waals surface area contributed by atoms with Gasteiger partial charge in [-0.25, -0.2) is 0 Å². The van der Waals surface area contributed by atoms with Gasteiger partial charge in [-0.15, -0.1) is 0 Å². The third kappa shape index (κ3) is 4.25. The number of carbonyl (C=O) groups excluding carboxylic acids is 1. The molecule has 4 aromatic rings. The van der Waals surface area contributed by atoms with Crippen molar-refractivity contribution < 1.29 is 4.79 Å². The second-order valence-corrected chi connectivity index (χ2v) is 9.24. The van der Waals surface area contributed by atoms with Crippen LogP contribution in [0, 0.1) is 11.3 Å². The molecule has 1 aromatic heterocycles. The molecule has 0 unspecified atom stereocenters. The van der Waals surface area contributed by atoms with Crippen LogP contribution in [-0.4, -0.2) is 28.4 Å². The fourth-order valence-electron chi connectivity index (χ4n) is 5.14. The van der Waals surface area contributed by atoms with Crippen molar-refractivity contribution in [2.24, 2.45) is 22.2 Å². The molecule has 6 N–H and O–H groups in total. The SMILES string of the molecule is N#Cc1c(C(N)=O)n(Cc2cccc3ccccc23)c2cc(C(N)=NC3CCC(N)CC3)ccc12. The highest BCUT2D eigenvalue weighted by molar-refractivity contribution is 6.06. The second kappa shape index (κ2) is 9.24. The number of nitriles is 1. The van der Waals surface area contributed by atoms with Crippen LogP contribution in [0.2, 0.25) is 0 Å². The quantitative estimate of drug-likeness (QED) is 0.306. The van der Waals surface area contributed by atoms with Crippen molar-refractivity contribution in [1.29, 1.82) is 5.26 Å². The molecule has 0 aliphatic heterocycles. The van der Waals surface area contributed by atoms with E-state index >= 15 is 0 Å². The Morgan fingerprint density at radius 3 is 2.49 bits per heavy atom. The number of nitrogens with two attached hydrogens (primary N) is 3. The molecule has 0 saturated heterocycles.